The second kappa shape index (κ2) is 5.20. The SMILES string of the molecule is c1ccc(C2CC3CCN2CC3)c(-c2nc3ccccc3[nH]2)c1. The zero-order valence-electron chi connectivity index (χ0n) is 13.2. The number of nitrogens with one attached hydrogen (secondary N) is 1. The van der Waals surface area contributed by atoms with Crippen LogP contribution in [-0.2, 0) is 0 Å². The van der Waals surface area contributed by atoms with E-state index in [0.717, 1.165) is 22.8 Å². The highest BCUT2D eigenvalue weighted by Gasteiger charge is 2.35. The van der Waals surface area contributed by atoms with Crippen molar-refractivity contribution >= 4 is 11.0 Å². The molecule has 1 atom stereocenters. The van der Waals surface area contributed by atoms with Gasteiger partial charge in [-0.1, -0.05) is 36.4 Å². The second-order valence-corrected chi connectivity index (χ2v) is 6.92. The molecule has 1 aromatic heterocycles. The lowest BCUT2D eigenvalue weighted by Gasteiger charge is -2.46. The molecule has 1 unspecified atom stereocenters. The number of rotatable bonds is 2. The standard InChI is InChI=1S/C20H21N3/c1-2-6-16(20-21-17-7-3-4-8-18(17)22-20)15(5-1)19-13-14-9-11-23(19)12-10-14/h1-8,14,19H,9-13H2,(H,21,22). The average Bonchev–Trinajstić information content (AvgIpc) is 3.07. The Labute approximate surface area is 136 Å². The summed E-state index contributed by atoms with van der Waals surface area (Å²) in [6.45, 7) is 2.51. The molecule has 3 aliphatic rings. The second-order valence-electron chi connectivity index (χ2n) is 6.92. The molecule has 0 spiro atoms. The molecule has 1 N–H and O–H groups in total. The van der Waals surface area contributed by atoms with E-state index in [2.05, 4.69) is 52.3 Å². The number of hydrogen-bond donors (Lipinski definition) is 1. The fraction of sp³-hybridized carbons (Fsp3) is 0.350. The molecule has 2 bridgehead atoms. The minimum absolute atomic E-state index is 0.562. The number of para-hydroxylation sites is 2. The van der Waals surface area contributed by atoms with Gasteiger partial charge in [-0.25, -0.2) is 4.98 Å². The van der Waals surface area contributed by atoms with Crippen molar-refractivity contribution < 1.29 is 0 Å². The highest BCUT2D eigenvalue weighted by atomic mass is 15.2. The van der Waals surface area contributed by atoms with Gasteiger partial charge in [-0.15, -0.1) is 0 Å². The summed E-state index contributed by atoms with van der Waals surface area (Å²) in [4.78, 5) is 11.0. The van der Waals surface area contributed by atoms with Gasteiger partial charge in [0.15, 0.2) is 0 Å². The first-order valence-corrected chi connectivity index (χ1v) is 8.66. The third-order valence-electron chi connectivity index (χ3n) is 5.61. The molecular weight excluding hydrogens is 282 g/mol. The van der Waals surface area contributed by atoms with Gasteiger partial charge in [0.2, 0.25) is 0 Å². The van der Waals surface area contributed by atoms with Crippen LogP contribution >= 0.6 is 0 Å². The summed E-state index contributed by atoms with van der Waals surface area (Å²) in [5, 5.41) is 0. The van der Waals surface area contributed by atoms with Crippen LogP contribution in [0.5, 0.6) is 0 Å². The zero-order chi connectivity index (χ0) is 15.2. The van der Waals surface area contributed by atoms with Crippen LogP contribution in [0.25, 0.3) is 22.4 Å². The minimum Gasteiger partial charge on any atom is -0.338 e. The van der Waals surface area contributed by atoms with E-state index >= 15 is 0 Å². The lowest BCUT2D eigenvalue weighted by molar-refractivity contribution is 0.0493. The summed E-state index contributed by atoms with van der Waals surface area (Å²) in [5.41, 5.74) is 4.86. The average molecular weight is 303 g/mol. The first-order chi connectivity index (χ1) is 11.4. The Morgan fingerprint density at radius 1 is 0.957 bits per heavy atom. The van der Waals surface area contributed by atoms with Crippen molar-refractivity contribution in [3.8, 4) is 11.4 Å². The molecule has 2 aromatic carbocycles. The van der Waals surface area contributed by atoms with Gasteiger partial charge in [-0.2, -0.15) is 0 Å². The van der Waals surface area contributed by atoms with Gasteiger partial charge >= 0.3 is 0 Å². The Morgan fingerprint density at radius 3 is 2.52 bits per heavy atom. The zero-order valence-corrected chi connectivity index (χ0v) is 13.2. The van der Waals surface area contributed by atoms with Gasteiger partial charge in [-0.05, 0) is 56.0 Å². The Bertz CT molecular complexity index is 810. The largest absolute Gasteiger partial charge is 0.338 e. The van der Waals surface area contributed by atoms with E-state index in [4.69, 9.17) is 4.98 Å². The third-order valence-corrected chi connectivity index (χ3v) is 5.61. The number of benzene rings is 2. The molecule has 0 amide bonds. The molecule has 3 saturated heterocycles. The number of nitrogens with zero attached hydrogens (tertiary/aromatic N) is 2. The summed E-state index contributed by atoms with van der Waals surface area (Å²) in [6.07, 6.45) is 4.06. The minimum atomic E-state index is 0.562. The number of piperidine rings is 3. The smallest absolute Gasteiger partial charge is 0.138 e. The first kappa shape index (κ1) is 13.3. The van der Waals surface area contributed by atoms with Crippen LogP contribution in [0.2, 0.25) is 0 Å². The van der Waals surface area contributed by atoms with Crippen molar-refractivity contribution in [3.63, 3.8) is 0 Å². The maximum atomic E-state index is 4.83. The quantitative estimate of drug-likeness (QED) is 0.761. The Kier molecular flexibility index (Phi) is 3.01. The van der Waals surface area contributed by atoms with E-state index in [-0.39, 0.29) is 0 Å². The van der Waals surface area contributed by atoms with E-state index < -0.39 is 0 Å². The van der Waals surface area contributed by atoms with Gasteiger partial charge < -0.3 is 4.98 Å². The van der Waals surface area contributed by atoms with Crippen molar-refractivity contribution in [1.29, 1.82) is 0 Å². The van der Waals surface area contributed by atoms with Crippen LogP contribution in [-0.4, -0.2) is 28.0 Å². The van der Waals surface area contributed by atoms with Crippen molar-refractivity contribution in [2.75, 3.05) is 13.1 Å². The maximum Gasteiger partial charge on any atom is 0.138 e. The predicted molar refractivity (Wildman–Crippen MR) is 93.2 cm³/mol. The first-order valence-electron chi connectivity index (χ1n) is 8.66. The van der Waals surface area contributed by atoms with Crippen LogP contribution in [0.3, 0.4) is 0 Å². The Morgan fingerprint density at radius 2 is 1.74 bits per heavy atom. The molecule has 3 nitrogen and oxygen atoms in total. The molecule has 3 heteroatoms. The molecule has 3 aliphatic heterocycles. The number of imidazole rings is 1. The van der Waals surface area contributed by atoms with Gasteiger partial charge in [0, 0.05) is 11.6 Å². The van der Waals surface area contributed by atoms with Gasteiger partial charge in [0.05, 0.1) is 11.0 Å². The summed E-state index contributed by atoms with van der Waals surface area (Å²) in [7, 11) is 0. The van der Waals surface area contributed by atoms with Gasteiger partial charge in [-0.3, -0.25) is 4.90 Å². The number of H-pyrrole nitrogens is 1. The highest BCUT2D eigenvalue weighted by Crippen LogP contribution is 2.43. The number of hydrogen-bond acceptors (Lipinski definition) is 2. The number of aromatic amines is 1. The Balaban J connectivity index is 1.61. The van der Waals surface area contributed by atoms with Gasteiger partial charge in [0.25, 0.3) is 0 Å². The topological polar surface area (TPSA) is 31.9 Å². The molecule has 3 aromatic rings. The fourth-order valence-corrected chi connectivity index (χ4v) is 4.37. The van der Waals surface area contributed by atoms with Crippen molar-refractivity contribution in [1.82, 2.24) is 14.9 Å². The molecule has 23 heavy (non-hydrogen) atoms. The summed E-state index contributed by atoms with van der Waals surface area (Å²) < 4.78 is 0. The summed E-state index contributed by atoms with van der Waals surface area (Å²) in [5.74, 6) is 1.91. The maximum absolute atomic E-state index is 4.83. The lowest BCUT2D eigenvalue weighted by Crippen LogP contribution is -2.43. The molecule has 0 saturated carbocycles. The lowest BCUT2D eigenvalue weighted by atomic mass is 9.79. The van der Waals surface area contributed by atoms with Crippen LogP contribution in [0.1, 0.15) is 30.9 Å². The van der Waals surface area contributed by atoms with E-state index in [0.29, 0.717) is 6.04 Å². The van der Waals surface area contributed by atoms with Crippen LogP contribution in [0.4, 0.5) is 0 Å². The summed E-state index contributed by atoms with van der Waals surface area (Å²) in [6, 6.07) is 17.7. The van der Waals surface area contributed by atoms with Crippen LogP contribution in [0, 0.1) is 5.92 Å². The molecule has 116 valence electrons. The highest BCUT2D eigenvalue weighted by molar-refractivity contribution is 5.80. The fourth-order valence-electron chi connectivity index (χ4n) is 4.37. The summed E-state index contributed by atoms with van der Waals surface area (Å²) >= 11 is 0. The van der Waals surface area contributed by atoms with Gasteiger partial charge in [0.1, 0.15) is 5.82 Å². The molecule has 0 radical (unpaired) electrons. The Hall–Kier alpha value is -2.13. The van der Waals surface area contributed by atoms with E-state index in [9.17, 15) is 0 Å². The van der Waals surface area contributed by atoms with Crippen molar-refractivity contribution in [2.45, 2.75) is 25.3 Å². The third kappa shape index (κ3) is 2.19. The molecule has 6 rings (SSSR count). The van der Waals surface area contributed by atoms with Crippen LogP contribution in [0.15, 0.2) is 48.5 Å². The molecule has 4 heterocycles. The molecule has 3 fully saturated rings. The van der Waals surface area contributed by atoms with Crippen molar-refractivity contribution in [2.24, 2.45) is 5.92 Å². The van der Waals surface area contributed by atoms with E-state index in [1.54, 1.807) is 0 Å². The molecular formula is C20H21N3. The van der Waals surface area contributed by atoms with Crippen molar-refractivity contribution in [3.05, 3.63) is 54.1 Å². The van der Waals surface area contributed by atoms with Crippen LogP contribution < -0.4 is 0 Å². The van der Waals surface area contributed by atoms with E-state index in [1.165, 1.54) is 43.5 Å². The van der Waals surface area contributed by atoms with E-state index in [1.807, 2.05) is 6.07 Å². The monoisotopic (exact) mass is 303 g/mol. The molecule has 0 aliphatic carbocycles. The number of aromatic nitrogens is 2. The predicted octanol–water partition coefficient (Wildman–Crippen LogP) is 4.39. The number of fused-ring (bicyclic) bond motifs is 4. The normalized spacial score (nSPS) is 26.7.